The van der Waals surface area contributed by atoms with Gasteiger partial charge < -0.3 is 14.0 Å². The average Bonchev–Trinajstić information content (AvgIpc) is 3.24. The zero-order valence-corrected chi connectivity index (χ0v) is 18.7. The van der Waals surface area contributed by atoms with Gasteiger partial charge in [-0.05, 0) is 99.9 Å². The number of carbonyl (C=O) groups is 1. The molecule has 1 aliphatic rings. The largest absolute Gasteiger partial charge is 0.494 e. The zero-order valence-electron chi connectivity index (χ0n) is 18.7. The highest BCUT2D eigenvalue weighted by atomic mass is 16.5. The molecule has 0 fully saturated rings. The van der Waals surface area contributed by atoms with Crippen LogP contribution in [0.5, 0.6) is 5.75 Å². The van der Waals surface area contributed by atoms with E-state index >= 15 is 0 Å². The fourth-order valence-corrected chi connectivity index (χ4v) is 3.96. The minimum Gasteiger partial charge on any atom is -0.494 e. The molecule has 4 rings (SSSR count). The number of hydrogen-bond acceptors (Lipinski definition) is 3. The summed E-state index contributed by atoms with van der Waals surface area (Å²) in [5.41, 5.74) is 8.29. The lowest BCUT2D eigenvalue weighted by molar-refractivity contribution is -0.130. The van der Waals surface area contributed by atoms with E-state index in [9.17, 15) is 4.79 Å². The number of carbonyl (C=O) groups excluding carboxylic acids is 1. The van der Waals surface area contributed by atoms with Crippen LogP contribution in [0.3, 0.4) is 0 Å². The molecule has 2 aromatic carbocycles. The summed E-state index contributed by atoms with van der Waals surface area (Å²) in [5.74, 6) is 1.02. The van der Waals surface area contributed by atoms with Crippen molar-refractivity contribution in [3.63, 3.8) is 0 Å². The first kappa shape index (κ1) is 20.7. The van der Waals surface area contributed by atoms with Gasteiger partial charge in [0, 0.05) is 22.6 Å². The van der Waals surface area contributed by atoms with Gasteiger partial charge in [-0.2, -0.15) is 0 Å². The minimum absolute atomic E-state index is 0.333. The second kappa shape index (κ2) is 8.31. The molecule has 0 bridgehead atoms. The van der Waals surface area contributed by atoms with Crippen molar-refractivity contribution in [1.82, 2.24) is 4.57 Å². The summed E-state index contributed by atoms with van der Waals surface area (Å²) in [5, 5.41) is 0. The Morgan fingerprint density at radius 2 is 1.77 bits per heavy atom. The first-order chi connectivity index (χ1) is 14.9. The molecule has 0 unspecified atom stereocenters. The van der Waals surface area contributed by atoms with E-state index in [-0.39, 0.29) is 5.97 Å². The lowest BCUT2D eigenvalue weighted by Crippen LogP contribution is -2.02. The van der Waals surface area contributed by atoms with Crippen LogP contribution in [0.25, 0.3) is 17.5 Å². The van der Waals surface area contributed by atoms with Crippen LogP contribution in [-0.2, 0) is 9.53 Å². The number of benzene rings is 2. The molecule has 0 aliphatic carbocycles. The number of rotatable bonds is 5. The Labute approximate surface area is 183 Å². The molecule has 0 radical (unpaired) electrons. The summed E-state index contributed by atoms with van der Waals surface area (Å²) in [6.45, 7) is 11.0. The van der Waals surface area contributed by atoms with Gasteiger partial charge in [-0.25, -0.2) is 4.79 Å². The van der Waals surface area contributed by atoms with E-state index in [1.807, 2.05) is 43.3 Å². The lowest BCUT2D eigenvalue weighted by atomic mass is 10.1. The molecule has 0 spiro atoms. The first-order valence-corrected chi connectivity index (χ1v) is 10.5. The molecule has 1 aromatic heterocycles. The fourth-order valence-electron chi connectivity index (χ4n) is 3.96. The number of ether oxygens (including phenoxy) is 2. The topological polar surface area (TPSA) is 40.5 Å². The molecule has 0 amide bonds. The Bertz CT molecular complexity index is 1210. The Hall–Kier alpha value is -3.53. The van der Waals surface area contributed by atoms with Gasteiger partial charge in [0.05, 0.1) is 12.2 Å². The normalized spacial score (nSPS) is 14.7. The predicted octanol–water partition coefficient (Wildman–Crippen LogP) is 6.09. The molecule has 31 heavy (non-hydrogen) atoms. The highest BCUT2D eigenvalue weighted by Gasteiger charge is 2.23. The maximum Gasteiger partial charge on any atom is 0.343 e. The molecule has 0 saturated carbocycles. The van der Waals surface area contributed by atoms with Gasteiger partial charge in [0.25, 0.3) is 0 Å². The monoisotopic (exact) mass is 413 g/mol. The van der Waals surface area contributed by atoms with Gasteiger partial charge in [0.15, 0.2) is 0 Å². The second-order valence-electron chi connectivity index (χ2n) is 7.84. The molecule has 1 aliphatic heterocycles. The van der Waals surface area contributed by atoms with Crippen LogP contribution in [0.4, 0.5) is 0 Å². The van der Waals surface area contributed by atoms with Crippen molar-refractivity contribution >= 4 is 17.8 Å². The summed E-state index contributed by atoms with van der Waals surface area (Å²) in [4.78, 5) is 12.5. The van der Waals surface area contributed by atoms with Crippen LogP contribution in [0, 0.1) is 27.7 Å². The smallest absolute Gasteiger partial charge is 0.343 e. The van der Waals surface area contributed by atoms with Gasteiger partial charge in [-0.1, -0.05) is 12.1 Å². The number of aryl methyl sites for hydroxylation is 2. The average molecular weight is 414 g/mol. The zero-order chi connectivity index (χ0) is 22.1. The minimum atomic E-state index is -0.333. The van der Waals surface area contributed by atoms with Crippen LogP contribution in [-0.4, -0.2) is 17.1 Å². The third kappa shape index (κ3) is 3.93. The second-order valence-corrected chi connectivity index (χ2v) is 7.84. The van der Waals surface area contributed by atoms with E-state index in [4.69, 9.17) is 9.47 Å². The fraction of sp³-hybridized carbons (Fsp3) is 0.222. The molecular weight excluding hydrogens is 386 g/mol. The summed E-state index contributed by atoms with van der Waals surface area (Å²) >= 11 is 0. The van der Waals surface area contributed by atoms with Crippen molar-refractivity contribution in [2.24, 2.45) is 0 Å². The molecule has 158 valence electrons. The van der Waals surface area contributed by atoms with Crippen LogP contribution >= 0.6 is 0 Å². The van der Waals surface area contributed by atoms with Crippen LogP contribution in [0.15, 0.2) is 60.2 Å². The van der Waals surface area contributed by atoms with Crippen LogP contribution in [0.2, 0.25) is 0 Å². The van der Waals surface area contributed by atoms with E-state index in [1.54, 1.807) is 0 Å². The Kier molecular flexibility index (Phi) is 5.55. The molecule has 4 heteroatoms. The summed E-state index contributed by atoms with van der Waals surface area (Å²) < 4.78 is 13.3. The van der Waals surface area contributed by atoms with Crippen molar-refractivity contribution in [2.75, 3.05) is 6.61 Å². The number of cyclic esters (lactones) is 1. The van der Waals surface area contributed by atoms with Crippen molar-refractivity contribution in [2.45, 2.75) is 34.6 Å². The van der Waals surface area contributed by atoms with Gasteiger partial charge in [0.1, 0.15) is 11.5 Å². The molecular formula is C27H27NO3. The Balaban J connectivity index is 1.69. The van der Waals surface area contributed by atoms with Crippen molar-refractivity contribution in [3.8, 4) is 11.4 Å². The number of aromatic nitrogens is 1. The summed E-state index contributed by atoms with van der Waals surface area (Å²) in [6, 6.07) is 16.0. The van der Waals surface area contributed by atoms with E-state index in [0.29, 0.717) is 17.9 Å². The van der Waals surface area contributed by atoms with Gasteiger partial charge >= 0.3 is 5.97 Å². The third-order valence-electron chi connectivity index (χ3n) is 5.77. The SMILES string of the molecule is CCOc1ccc(C2=C/C(=C/c3cc(C)n(-c4cccc(C)c4C)c3C)C(=O)O2)cc1. The standard InChI is InChI=1S/C27H27NO3/c1-6-30-24-12-10-21(11-13-24)26-16-23(27(29)31-26)15-22-14-18(3)28(20(22)5)25-9-7-8-17(2)19(25)4/h7-16H,6H2,1-5H3/b23-15-. The molecule has 2 heterocycles. The van der Waals surface area contributed by atoms with Gasteiger partial charge in [-0.3, -0.25) is 0 Å². The highest BCUT2D eigenvalue weighted by molar-refractivity contribution is 6.05. The summed E-state index contributed by atoms with van der Waals surface area (Å²) in [7, 11) is 0. The van der Waals surface area contributed by atoms with Crippen molar-refractivity contribution in [1.29, 1.82) is 0 Å². The quantitative estimate of drug-likeness (QED) is 0.375. The van der Waals surface area contributed by atoms with Crippen LogP contribution in [0.1, 0.15) is 40.6 Å². The van der Waals surface area contributed by atoms with E-state index < -0.39 is 0 Å². The maximum atomic E-state index is 12.5. The maximum absolute atomic E-state index is 12.5. The Morgan fingerprint density at radius 1 is 1.03 bits per heavy atom. The molecule has 4 nitrogen and oxygen atoms in total. The van der Waals surface area contributed by atoms with Crippen molar-refractivity contribution < 1.29 is 14.3 Å². The van der Waals surface area contributed by atoms with Gasteiger partial charge in [0.2, 0.25) is 0 Å². The Morgan fingerprint density at radius 3 is 2.48 bits per heavy atom. The van der Waals surface area contributed by atoms with Crippen LogP contribution < -0.4 is 4.74 Å². The summed E-state index contributed by atoms with van der Waals surface area (Å²) in [6.07, 6.45) is 3.72. The van der Waals surface area contributed by atoms with E-state index in [2.05, 4.69) is 56.5 Å². The van der Waals surface area contributed by atoms with E-state index in [1.165, 1.54) is 16.8 Å². The molecule has 0 atom stereocenters. The highest BCUT2D eigenvalue weighted by Crippen LogP contribution is 2.31. The number of esters is 1. The molecule has 3 aromatic rings. The predicted molar refractivity (Wildman–Crippen MR) is 124 cm³/mol. The third-order valence-corrected chi connectivity index (χ3v) is 5.77. The van der Waals surface area contributed by atoms with E-state index in [0.717, 1.165) is 28.3 Å². The van der Waals surface area contributed by atoms with Gasteiger partial charge in [-0.15, -0.1) is 0 Å². The number of hydrogen-bond donors (Lipinski definition) is 0. The molecule has 0 saturated heterocycles. The molecule has 0 N–H and O–H groups in total. The number of nitrogens with zero attached hydrogens (tertiary/aromatic N) is 1. The lowest BCUT2D eigenvalue weighted by Gasteiger charge is -2.14. The first-order valence-electron chi connectivity index (χ1n) is 10.5. The van der Waals surface area contributed by atoms with Crippen molar-refractivity contribution in [3.05, 3.63) is 93.8 Å².